The summed E-state index contributed by atoms with van der Waals surface area (Å²) in [6, 6.07) is 3.46. The fourth-order valence-corrected chi connectivity index (χ4v) is 5.07. The van der Waals surface area contributed by atoms with Gasteiger partial charge in [0.2, 0.25) is 0 Å². The zero-order valence-electron chi connectivity index (χ0n) is 23.2. The van der Waals surface area contributed by atoms with Gasteiger partial charge in [-0.2, -0.15) is 0 Å². The molecule has 1 atom stereocenters. The summed E-state index contributed by atoms with van der Waals surface area (Å²) in [6.07, 6.45) is 3.49. The second-order valence-corrected chi connectivity index (χ2v) is 10.3. The quantitative estimate of drug-likeness (QED) is 0.376. The molecule has 0 radical (unpaired) electrons. The summed E-state index contributed by atoms with van der Waals surface area (Å²) >= 11 is 0. The lowest BCUT2D eigenvalue weighted by molar-refractivity contribution is -0.137. The molecule has 4 heterocycles. The number of nitrogens with zero attached hydrogens (tertiary/aromatic N) is 7. The van der Waals surface area contributed by atoms with Gasteiger partial charge in [0.25, 0.3) is 11.8 Å². The molecule has 3 aromatic heterocycles. The average molecular weight is 560 g/mol. The number of carbonyl (C=O) groups is 1. The average Bonchev–Trinajstić information content (AvgIpc) is 3.27. The van der Waals surface area contributed by atoms with Crippen LogP contribution in [0.25, 0.3) is 11.4 Å². The van der Waals surface area contributed by atoms with Gasteiger partial charge in [0, 0.05) is 39.7 Å². The van der Waals surface area contributed by atoms with Gasteiger partial charge in [-0.05, 0) is 37.3 Å². The number of aromatic nitrogens is 6. The molecule has 0 saturated carbocycles. The van der Waals surface area contributed by atoms with Crippen LogP contribution in [-0.4, -0.2) is 59.6 Å². The van der Waals surface area contributed by atoms with Gasteiger partial charge in [-0.25, -0.2) is 23.4 Å². The predicted molar refractivity (Wildman–Crippen MR) is 144 cm³/mol. The number of anilines is 1. The third-order valence-corrected chi connectivity index (χ3v) is 7.01. The van der Waals surface area contributed by atoms with Crippen LogP contribution >= 0.6 is 0 Å². The molecule has 0 unspecified atom stereocenters. The van der Waals surface area contributed by atoms with Crippen LogP contribution in [0.15, 0.2) is 23.1 Å². The van der Waals surface area contributed by atoms with Gasteiger partial charge < -0.3 is 19.3 Å². The van der Waals surface area contributed by atoms with Crippen molar-refractivity contribution in [2.75, 3.05) is 18.0 Å². The van der Waals surface area contributed by atoms with Crippen molar-refractivity contribution in [3.8, 4) is 17.3 Å². The van der Waals surface area contributed by atoms with E-state index in [1.807, 2.05) is 13.8 Å². The number of halogens is 2. The Hall–Kier alpha value is -3.90. The van der Waals surface area contributed by atoms with Crippen molar-refractivity contribution in [3.05, 3.63) is 45.8 Å². The summed E-state index contributed by atoms with van der Waals surface area (Å²) in [4.78, 5) is 34.3. The second kappa shape index (κ2) is 12.1. The van der Waals surface area contributed by atoms with Crippen molar-refractivity contribution in [3.63, 3.8) is 0 Å². The number of pyridine rings is 1. The SMILES string of the molecule is CCCc1cn(C)c(=O)c(OCc2c(-c3ccc(N4C[C@@H](CCC(=O)O)CC(F)(F)C4)c(CC)n3)nnn2C)n1. The molecule has 0 bridgehead atoms. The van der Waals surface area contributed by atoms with Crippen molar-refractivity contribution in [1.82, 2.24) is 29.5 Å². The van der Waals surface area contributed by atoms with Gasteiger partial charge in [0.15, 0.2) is 0 Å². The molecule has 216 valence electrons. The van der Waals surface area contributed by atoms with Gasteiger partial charge >= 0.3 is 11.5 Å². The van der Waals surface area contributed by atoms with E-state index in [-0.39, 0.29) is 37.3 Å². The number of aryl methyl sites for hydroxylation is 4. The number of ether oxygens (including phenoxy) is 1. The zero-order valence-corrected chi connectivity index (χ0v) is 23.2. The van der Waals surface area contributed by atoms with Gasteiger partial charge in [0.1, 0.15) is 18.0 Å². The monoisotopic (exact) mass is 559 g/mol. The number of hydrogen-bond donors (Lipinski definition) is 1. The first-order valence-electron chi connectivity index (χ1n) is 13.4. The number of aliphatic carboxylic acids is 1. The molecule has 1 fully saturated rings. The molecule has 1 saturated heterocycles. The van der Waals surface area contributed by atoms with E-state index in [0.717, 1.165) is 12.1 Å². The van der Waals surface area contributed by atoms with Crippen LogP contribution in [0, 0.1) is 5.92 Å². The maximum atomic E-state index is 14.6. The maximum absolute atomic E-state index is 14.6. The maximum Gasteiger partial charge on any atom is 0.313 e. The molecular formula is C27H35F2N7O4. The minimum atomic E-state index is -2.93. The van der Waals surface area contributed by atoms with Gasteiger partial charge in [-0.15, -0.1) is 5.10 Å². The second-order valence-electron chi connectivity index (χ2n) is 10.3. The summed E-state index contributed by atoms with van der Waals surface area (Å²) in [6.45, 7) is 3.78. The van der Waals surface area contributed by atoms with E-state index < -0.39 is 24.4 Å². The molecule has 0 spiro atoms. The van der Waals surface area contributed by atoms with E-state index in [1.54, 1.807) is 37.3 Å². The van der Waals surface area contributed by atoms with Crippen molar-refractivity contribution >= 4 is 11.7 Å². The largest absolute Gasteiger partial charge is 0.481 e. The lowest BCUT2D eigenvalue weighted by Gasteiger charge is -2.39. The van der Waals surface area contributed by atoms with Crippen molar-refractivity contribution in [2.45, 2.75) is 64.9 Å². The van der Waals surface area contributed by atoms with Gasteiger partial charge in [0.05, 0.1) is 29.3 Å². The molecule has 11 nitrogen and oxygen atoms in total. The topological polar surface area (TPSA) is 128 Å². The van der Waals surface area contributed by atoms with Crippen LogP contribution in [0.1, 0.15) is 56.6 Å². The minimum Gasteiger partial charge on any atom is -0.481 e. The molecule has 0 aliphatic carbocycles. The zero-order chi connectivity index (χ0) is 29.0. The van der Waals surface area contributed by atoms with Crippen LogP contribution < -0.4 is 15.2 Å². The Morgan fingerprint density at radius 3 is 2.70 bits per heavy atom. The molecule has 1 N–H and O–H groups in total. The van der Waals surface area contributed by atoms with Crippen LogP contribution in [0.4, 0.5) is 14.5 Å². The highest BCUT2D eigenvalue weighted by molar-refractivity contribution is 5.66. The standard InChI is InChI=1S/C27H35F2N7O4/c1-5-7-18-14-34(3)26(39)25(30-18)40-15-22-24(32-33-35(22)4)20-9-10-21(19(6-2)31-20)36-13-17(8-11-23(37)38)12-27(28,29)16-36/h9-10,14,17H,5-8,11-13,15-16H2,1-4H3,(H,37,38)/t17-/m0/s1. The first-order chi connectivity index (χ1) is 19.0. The lowest BCUT2D eigenvalue weighted by atomic mass is 9.90. The van der Waals surface area contributed by atoms with Gasteiger partial charge in [-0.1, -0.05) is 25.5 Å². The summed E-state index contributed by atoms with van der Waals surface area (Å²) in [5, 5.41) is 17.4. The molecule has 0 amide bonds. The normalized spacial score (nSPS) is 16.8. The molecule has 13 heteroatoms. The Labute approximate surface area is 230 Å². The molecule has 40 heavy (non-hydrogen) atoms. The van der Waals surface area contributed by atoms with Crippen molar-refractivity contribution in [1.29, 1.82) is 0 Å². The highest BCUT2D eigenvalue weighted by Crippen LogP contribution is 2.37. The third kappa shape index (κ3) is 6.62. The first-order valence-corrected chi connectivity index (χ1v) is 13.4. The first kappa shape index (κ1) is 29.1. The molecule has 3 aromatic rings. The molecule has 4 rings (SSSR count). The number of piperidine rings is 1. The van der Waals surface area contributed by atoms with Crippen molar-refractivity contribution in [2.24, 2.45) is 20.0 Å². The number of alkyl halides is 2. The molecular weight excluding hydrogens is 524 g/mol. The Bertz CT molecular complexity index is 1420. The summed E-state index contributed by atoms with van der Waals surface area (Å²) in [5.74, 6) is -4.37. The van der Waals surface area contributed by atoms with E-state index in [9.17, 15) is 18.4 Å². The van der Waals surface area contributed by atoms with Gasteiger partial charge in [-0.3, -0.25) is 9.59 Å². The molecule has 1 aliphatic heterocycles. The van der Waals surface area contributed by atoms with Crippen LogP contribution in [0.2, 0.25) is 0 Å². The van der Waals surface area contributed by atoms with E-state index in [1.165, 1.54) is 9.25 Å². The van der Waals surface area contributed by atoms with E-state index in [0.29, 0.717) is 47.8 Å². The lowest BCUT2D eigenvalue weighted by Crippen LogP contribution is -2.47. The Morgan fingerprint density at radius 2 is 2.00 bits per heavy atom. The Balaban J connectivity index is 1.59. The summed E-state index contributed by atoms with van der Waals surface area (Å²) in [7, 11) is 3.35. The highest BCUT2D eigenvalue weighted by Gasteiger charge is 2.41. The Morgan fingerprint density at radius 1 is 1.23 bits per heavy atom. The fourth-order valence-electron chi connectivity index (χ4n) is 5.07. The van der Waals surface area contributed by atoms with Crippen LogP contribution in [0.3, 0.4) is 0 Å². The number of carboxylic acid groups (broad SMARTS) is 1. The van der Waals surface area contributed by atoms with Crippen LogP contribution in [-0.2, 0) is 38.3 Å². The summed E-state index contributed by atoms with van der Waals surface area (Å²) in [5.41, 5.74) is 3.13. The third-order valence-electron chi connectivity index (χ3n) is 7.01. The minimum absolute atomic E-state index is 0.0124. The smallest absolute Gasteiger partial charge is 0.313 e. The fraction of sp³-hybridized carbons (Fsp3) is 0.556. The molecule has 1 aliphatic rings. The van der Waals surface area contributed by atoms with Crippen LogP contribution in [0.5, 0.6) is 5.88 Å². The Kier molecular flexibility index (Phi) is 8.79. The number of carboxylic acids is 1. The predicted octanol–water partition coefficient (Wildman–Crippen LogP) is 3.39. The summed E-state index contributed by atoms with van der Waals surface area (Å²) < 4.78 is 38.1. The molecule has 0 aromatic carbocycles. The number of rotatable bonds is 11. The highest BCUT2D eigenvalue weighted by atomic mass is 19.3. The van der Waals surface area contributed by atoms with E-state index >= 15 is 0 Å². The van der Waals surface area contributed by atoms with Crippen molar-refractivity contribution < 1.29 is 23.4 Å². The van der Waals surface area contributed by atoms with E-state index in [2.05, 4.69) is 15.3 Å². The number of hydrogen-bond acceptors (Lipinski definition) is 8. The van der Waals surface area contributed by atoms with E-state index in [4.69, 9.17) is 14.8 Å².